The average Bonchev–Trinajstić information content (AvgIpc) is 2.95. The normalized spacial score (nSPS) is 23.2. The Morgan fingerprint density at radius 2 is 1.12 bits per heavy atom. The topological polar surface area (TPSA) is 18.5 Å². The van der Waals surface area contributed by atoms with Gasteiger partial charge in [0.2, 0.25) is 5.75 Å². The molecule has 0 heterocycles. The molecule has 2 saturated carbocycles. The first-order valence-electron chi connectivity index (χ1n) is 14.5. The van der Waals surface area contributed by atoms with Gasteiger partial charge in [-0.2, -0.15) is 8.78 Å². The Kier molecular flexibility index (Phi) is 8.95. The Morgan fingerprint density at radius 3 is 1.60 bits per heavy atom. The van der Waals surface area contributed by atoms with Crippen molar-refractivity contribution in [3.63, 3.8) is 0 Å². The molecule has 0 N–H and O–H groups in total. The van der Waals surface area contributed by atoms with E-state index in [1.54, 1.807) is 0 Å². The number of alkyl halides is 5. The third-order valence-electron chi connectivity index (χ3n) is 8.82. The van der Waals surface area contributed by atoms with E-state index in [0.29, 0.717) is 37.0 Å². The van der Waals surface area contributed by atoms with Gasteiger partial charge in [0, 0.05) is 11.6 Å². The highest BCUT2D eigenvalue weighted by molar-refractivity contribution is 5.66. The molecule has 0 amide bonds. The highest BCUT2D eigenvalue weighted by atomic mass is 19.4. The molecule has 0 atom stereocenters. The maximum atomic E-state index is 15.1. The fourth-order valence-corrected chi connectivity index (χ4v) is 6.36. The van der Waals surface area contributed by atoms with Crippen molar-refractivity contribution in [2.45, 2.75) is 82.6 Å². The summed E-state index contributed by atoms with van der Waals surface area (Å²) in [6, 6.07) is 12.1. The summed E-state index contributed by atoms with van der Waals surface area (Å²) >= 11 is 0. The van der Waals surface area contributed by atoms with E-state index in [4.69, 9.17) is 4.74 Å². The molecule has 0 spiro atoms. The predicted octanol–water partition coefficient (Wildman–Crippen LogP) is 10.9. The summed E-state index contributed by atoms with van der Waals surface area (Å²) in [5, 5.41) is 0. The monoisotopic (exact) mass is 612 g/mol. The standard InChI is InChI=1S/C33H32F8O2/c1-19-2-4-20(5-3-19)21-6-8-22(9-7-21)23-10-12-25(13-11-23)32(37,38)42-26-14-15-27(28(34)18-26)24-16-29(35)31(30(36)17-24)43-33(39,40)41/h6-9,14-20,23,25H,2-5,10-13H2,1H3. The highest BCUT2D eigenvalue weighted by Crippen LogP contribution is 2.44. The van der Waals surface area contributed by atoms with Crippen LogP contribution in [0.2, 0.25) is 0 Å². The van der Waals surface area contributed by atoms with Crippen molar-refractivity contribution >= 4 is 0 Å². The van der Waals surface area contributed by atoms with E-state index in [0.717, 1.165) is 23.6 Å². The molecule has 0 aromatic heterocycles. The number of halogens is 8. The third-order valence-corrected chi connectivity index (χ3v) is 8.82. The molecule has 232 valence electrons. The molecule has 2 fully saturated rings. The largest absolute Gasteiger partial charge is 0.573 e. The van der Waals surface area contributed by atoms with Crippen LogP contribution >= 0.6 is 0 Å². The highest BCUT2D eigenvalue weighted by Gasteiger charge is 2.44. The minimum Gasteiger partial charge on any atom is -0.432 e. The van der Waals surface area contributed by atoms with Crippen LogP contribution in [0, 0.1) is 29.3 Å². The molecule has 0 saturated heterocycles. The number of hydrogen-bond acceptors (Lipinski definition) is 2. The summed E-state index contributed by atoms with van der Waals surface area (Å²) in [5.74, 6) is -6.29. The van der Waals surface area contributed by atoms with Gasteiger partial charge in [0.05, 0.1) is 5.92 Å². The minimum absolute atomic E-state index is 0.165. The zero-order valence-electron chi connectivity index (χ0n) is 23.5. The second kappa shape index (κ2) is 12.4. The lowest BCUT2D eigenvalue weighted by Gasteiger charge is -2.33. The first-order valence-corrected chi connectivity index (χ1v) is 14.5. The molecule has 2 aliphatic carbocycles. The van der Waals surface area contributed by atoms with Gasteiger partial charge >= 0.3 is 12.5 Å². The minimum atomic E-state index is -5.34. The molecule has 5 rings (SSSR count). The van der Waals surface area contributed by atoms with Gasteiger partial charge in [-0.05, 0) is 97.2 Å². The molecule has 10 heteroatoms. The molecular weight excluding hydrogens is 580 g/mol. The molecule has 3 aromatic carbocycles. The SMILES string of the molecule is CC1CCC(c2ccc(C3CCC(C(F)(F)Oc4ccc(-c5cc(F)c(OC(F)(F)F)c(F)c5)c(F)c4)CC3)cc2)CC1. The summed E-state index contributed by atoms with van der Waals surface area (Å²) in [4.78, 5) is 0. The summed E-state index contributed by atoms with van der Waals surface area (Å²) in [6.45, 7) is 2.29. The first kappa shape index (κ1) is 31.1. The van der Waals surface area contributed by atoms with Crippen molar-refractivity contribution in [3.8, 4) is 22.6 Å². The molecule has 2 nitrogen and oxygen atoms in total. The van der Waals surface area contributed by atoms with E-state index in [-0.39, 0.29) is 18.8 Å². The third kappa shape index (κ3) is 7.44. The van der Waals surface area contributed by atoms with E-state index < -0.39 is 58.5 Å². The number of benzene rings is 3. The smallest absolute Gasteiger partial charge is 0.432 e. The average molecular weight is 613 g/mol. The van der Waals surface area contributed by atoms with E-state index in [1.165, 1.54) is 31.2 Å². The van der Waals surface area contributed by atoms with Crippen LogP contribution in [0.3, 0.4) is 0 Å². The number of ether oxygens (including phenoxy) is 2. The Labute approximate surface area is 245 Å². The molecule has 43 heavy (non-hydrogen) atoms. The lowest BCUT2D eigenvalue weighted by Crippen LogP contribution is -2.37. The first-order chi connectivity index (χ1) is 20.3. The summed E-state index contributed by atoms with van der Waals surface area (Å²) < 4.78 is 119. The van der Waals surface area contributed by atoms with Crippen molar-refractivity contribution < 1.29 is 44.6 Å². The van der Waals surface area contributed by atoms with E-state index in [2.05, 4.69) is 35.9 Å². The molecule has 3 aromatic rings. The van der Waals surface area contributed by atoms with Crippen molar-refractivity contribution in [1.29, 1.82) is 0 Å². The van der Waals surface area contributed by atoms with Gasteiger partial charge in [-0.25, -0.2) is 13.2 Å². The molecule has 2 aliphatic rings. The molecular formula is C33H32F8O2. The number of rotatable bonds is 7. The zero-order chi connectivity index (χ0) is 30.9. The van der Waals surface area contributed by atoms with Crippen LogP contribution in [-0.4, -0.2) is 12.5 Å². The van der Waals surface area contributed by atoms with Crippen molar-refractivity contribution in [2.24, 2.45) is 11.8 Å². The zero-order valence-corrected chi connectivity index (χ0v) is 23.5. The van der Waals surface area contributed by atoms with E-state index in [9.17, 15) is 26.3 Å². The maximum Gasteiger partial charge on any atom is 0.573 e. The van der Waals surface area contributed by atoms with E-state index in [1.807, 2.05) is 0 Å². The van der Waals surface area contributed by atoms with Crippen LogP contribution in [0.4, 0.5) is 35.1 Å². The predicted molar refractivity (Wildman–Crippen MR) is 146 cm³/mol. The second-order valence-electron chi connectivity index (χ2n) is 11.8. The Hall–Kier alpha value is -3.30. The molecule has 0 unspecified atom stereocenters. The summed E-state index contributed by atoms with van der Waals surface area (Å²) in [7, 11) is 0. The second-order valence-corrected chi connectivity index (χ2v) is 11.8. The van der Waals surface area contributed by atoms with Gasteiger partial charge in [0.15, 0.2) is 11.6 Å². The van der Waals surface area contributed by atoms with Crippen LogP contribution in [0.25, 0.3) is 11.1 Å². The maximum absolute atomic E-state index is 15.1. The molecule has 0 radical (unpaired) electrons. The van der Waals surface area contributed by atoms with Crippen LogP contribution in [0.5, 0.6) is 11.5 Å². The van der Waals surface area contributed by atoms with Gasteiger partial charge in [-0.15, -0.1) is 13.2 Å². The fourth-order valence-electron chi connectivity index (χ4n) is 6.36. The summed E-state index contributed by atoms with van der Waals surface area (Å²) in [6.07, 6.45) is -2.52. The van der Waals surface area contributed by atoms with Crippen LogP contribution in [0.1, 0.15) is 81.3 Å². The van der Waals surface area contributed by atoms with Gasteiger partial charge < -0.3 is 9.47 Å². The van der Waals surface area contributed by atoms with Crippen molar-refractivity contribution in [2.75, 3.05) is 0 Å². The Balaban J connectivity index is 1.19. The quantitative estimate of drug-likeness (QED) is 0.247. The van der Waals surface area contributed by atoms with Crippen molar-refractivity contribution in [1.82, 2.24) is 0 Å². The van der Waals surface area contributed by atoms with E-state index >= 15 is 8.78 Å². The molecule has 0 aliphatic heterocycles. The number of hydrogen-bond donors (Lipinski definition) is 0. The Morgan fingerprint density at radius 1 is 0.605 bits per heavy atom. The van der Waals surface area contributed by atoms with Gasteiger partial charge in [-0.1, -0.05) is 44.0 Å². The molecule has 0 bridgehead atoms. The fraction of sp³-hybridized carbons (Fsp3) is 0.455. The van der Waals surface area contributed by atoms with Crippen molar-refractivity contribution in [3.05, 3.63) is 83.2 Å². The van der Waals surface area contributed by atoms with Gasteiger partial charge in [-0.3, -0.25) is 0 Å². The van der Waals surface area contributed by atoms with Gasteiger partial charge in [0.1, 0.15) is 11.6 Å². The Bertz CT molecular complexity index is 1380. The van der Waals surface area contributed by atoms with Crippen LogP contribution in [-0.2, 0) is 0 Å². The lowest BCUT2D eigenvalue weighted by molar-refractivity contribution is -0.276. The van der Waals surface area contributed by atoms with Crippen LogP contribution < -0.4 is 9.47 Å². The van der Waals surface area contributed by atoms with Gasteiger partial charge in [0.25, 0.3) is 0 Å². The lowest BCUT2D eigenvalue weighted by atomic mass is 9.76. The summed E-state index contributed by atoms with van der Waals surface area (Å²) in [5.41, 5.74) is 1.61. The van der Waals surface area contributed by atoms with Crippen LogP contribution in [0.15, 0.2) is 54.6 Å².